The van der Waals surface area contributed by atoms with Gasteiger partial charge in [0.2, 0.25) is 0 Å². The molecular formula is C16H20N2O. The van der Waals surface area contributed by atoms with Gasteiger partial charge in [0.05, 0.1) is 7.11 Å². The maximum Gasteiger partial charge on any atom is 0.119 e. The van der Waals surface area contributed by atoms with Crippen molar-refractivity contribution >= 4 is 0 Å². The van der Waals surface area contributed by atoms with E-state index in [9.17, 15) is 0 Å². The van der Waals surface area contributed by atoms with E-state index in [4.69, 9.17) is 10.5 Å². The van der Waals surface area contributed by atoms with E-state index in [-0.39, 0.29) is 0 Å². The first-order chi connectivity index (χ1) is 9.26. The fraction of sp³-hybridized carbons (Fsp3) is 0.312. The van der Waals surface area contributed by atoms with Gasteiger partial charge in [0.15, 0.2) is 0 Å². The van der Waals surface area contributed by atoms with Crippen LogP contribution in [0.1, 0.15) is 29.3 Å². The van der Waals surface area contributed by atoms with Gasteiger partial charge in [-0.3, -0.25) is 4.98 Å². The Bertz CT molecular complexity index is 535. The van der Waals surface area contributed by atoms with E-state index in [0.717, 1.165) is 29.8 Å². The van der Waals surface area contributed by atoms with Gasteiger partial charge in [-0.2, -0.15) is 0 Å². The zero-order valence-electron chi connectivity index (χ0n) is 11.5. The monoisotopic (exact) mass is 256 g/mol. The Kier molecular flexibility index (Phi) is 4.53. The van der Waals surface area contributed by atoms with Crippen molar-refractivity contribution in [2.75, 3.05) is 7.11 Å². The molecule has 0 spiro atoms. The Labute approximate surface area is 114 Å². The molecule has 0 bridgehead atoms. The molecule has 0 atom stereocenters. The summed E-state index contributed by atoms with van der Waals surface area (Å²) in [5.74, 6) is 0.846. The fourth-order valence-electron chi connectivity index (χ4n) is 2.06. The normalized spacial score (nSPS) is 10.5. The fourth-order valence-corrected chi connectivity index (χ4v) is 2.06. The molecule has 0 aliphatic rings. The van der Waals surface area contributed by atoms with Gasteiger partial charge in [0, 0.05) is 24.9 Å². The van der Waals surface area contributed by atoms with Crippen molar-refractivity contribution in [3.05, 3.63) is 58.9 Å². The summed E-state index contributed by atoms with van der Waals surface area (Å²) >= 11 is 0. The molecule has 0 saturated carbocycles. The number of rotatable bonds is 5. The lowest BCUT2D eigenvalue weighted by molar-refractivity contribution is 0.414. The summed E-state index contributed by atoms with van der Waals surface area (Å²) in [6.45, 7) is 2.65. The molecule has 100 valence electrons. The van der Waals surface area contributed by atoms with E-state index in [1.165, 1.54) is 11.1 Å². The van der Waals surface area contributed by atoms with Gasteiger partial charge in [-0.1, -0.05) is 19.1 Å². The zero-order valence-corrected chi connectivity index (χ0v) is 11.5. The molecule has 0 aliphatic carbocycles. The molecule has 0 radical (unpaired) electrons. The first-order valence-corrected chi connectivity index (χ1v) is 6.56. The van der Waals surface area contributed by atoms with E-state index < -0.39 is 0 Å². The number of pyridine rings is 1. The van der Waals surface area contributed by atoms with E-state index in [2.05, 4.69) is 30.1 Å². The molecule has 0 unspecified atom stereocenters. The molecule has 2 rings (SSSR count). The van der Waals surface area contributed by atoms with E-state index in [1.807, 2.05) is 18.3 Å². The molecule has 2 aromatic rings. The second kappa shape index (κ2) is 6.34. The van der Waals surface area contributed by atoms with Gasteiger partial charge in [0.25, 0.3) is 0 Å². The summed E-state index contributed by atoms with van der Waals surface area (Å²) < 4.78 is 5.22. The minimum Gasteiger partial charge on any atom is -0.497 e. The molecule has 3 nitrogen and oxygen atoms in total. The van der Waals surface area contributed by atoms with Crippen LogP contribution in [0.5, 0.6) is 5.75 Å². The van der Waals surface area contributed by atoms with Crippen LogP contribution in [-0.4, -0.2) is 12.1 Å². The van der Waals surface area contributed by atoms with Crippen molar-refractivity contribution in [1.82, 2.24) is 4.98 Å². The molecule has 1 aromatic carbocycles. The molecule has 1 heterocycles. The van der Waals surface area contributed by atoms with Gasteiger partial charge < -0.3 is 10.5 Å². The van der Waals surface area contributed by atoms with E-state index >= 15 is 0 Å². The standard InChI is InChI=1S/C16H20N2O/c1-3-12-4-6-15(18-11-12)8-13-5-7-16(19-2)9-14(13)10-17/h4-7,9,11H,3,8,10,17H2,1-2H3. The number of nitrogens with two attached hydrogens (primary N) is 1. The van der Waals surface area contributed by atoms with E-state index in [1.54, 1.807) is 7.11 Å². The number of hydrogen-bond acceptors (Lipinski definition) is 3. The summed E-state index contributed by atoms with van der Waals surface area (Å²) in [5, 5.41) is 0. The summed E-state index contributed by atoms with van der Waals surface area (Å²) in [5.41, 5.74) is 10.4. The maximum absolute atomic E-state index is 5.80. The van der Waals surface area contributed by atoms with Crippen LogP contribution in [0.25, 0.3) is 0 Å². The van der Waals surface area contributed by atoms with Gasteiger partial charge in [-0.25, -0.2) is 0 Å². The van der Waals surface area contributed by atoms with Crippen LogP contribution in [0, 0.1) is 0 Å². The van der Waals surface area contributed by atoms with Gasteiger partial charge >= 0.3 is 0 Å². The Morgan fingerprint density at radius 3 is 2.58 bits per heavy atom. The van der Waals surface area contributed by atoms with Crippen molar-refractivity contribution in [3.63, 3.8) is 0 Å². The van der Waals surface area contributed by atoms with Crippen LogP contribution in [0.4, 0.5) is 0 Å². The average molecular weight is 256 g/mol. The van der Waals surface area contributed by atoms with Gasteiger partial charge in [0.1, 0.15) is 5.75 Å². The Morgan fingerprint density at radius 1 is 1.16 bits per heavy atom. The summed E-state index contributed by atoms with van der Waals surface area (Å²) in [7, 11) is 1.67. The largest absolute Gasteiger partial charge is 0.497 e. The maximum atomic E-state index is 5.80. The van der Waals surface area contributed by atoms with Crippen LogP contribution in [-0.2, 0) is 19.4 Å². The molecule has 0 fully saturated rings. The minimum absolute atomic E-state index is 0.513. The highest BCUT2D eigenvalue weighted by atomic mass is 16.5. The lowest BCUT2D eigenvalue weighted by Gasteiger charge is -2.10. The quantitative estimate of drug-likeness (QED) is 0.894. The van der Waals surface area contributed by atoms with Crippen molar-refractivity contribution in [2.45, 2.75) is 26.3 Å². The highest BCUT2D eigenvalue weighted by molar-refractivity contribution is 5.37. The molecule has 0 saturated heterocycles. The smallest absolute Gasteiger partial charge is 0.119 e. The minimum atomic E-state index is 0.513. The lowest BCUT2D eigenvalue weighted by atomic mass is 10.0. The number of hydrogen-bond donors (Lipinski definition) is 1. The molecule has 2 N–H and O–H groups in total. The van der Waals surface area contributed by atoms with Crippen LogP contribution in [0.3, 0.4) is 0 Å². The van der Waals surface area contributed by atoms with Crippen LogP contribution >= 0.6 is 0 Å². The zero-order chi connectivity index (χ0) is 13.7. The Hall–Kier alpha value is -1.87. The van der Waals surface area contributed by atoms with Crippen molar-refractivity contribution < 1.29 is 4.74 Å². The third-order valence-corrected chi connectivity index (χ3v) is 3.30. The van der Waals surface area contributed by atoms with E-state index in [0.29, 0.717) is 6.54 Å². The Balaban J connectivity index is 2.21. The SMILES string of the molecule is CCc1ccc(Cc2ccc(OC)cc2CN)nc1. The van der Waals surface area contributed by atoms with Crippen molar-refractivity contribution in [2.24, 2.45) is 5.73 Å². The van der Waals surface area contributed by atoms with Crippen LogP contribution in [0.15, 0.2) is 36.5 Å². The molecule has 1 aromatic heterocycles. The average Bonchev–Trinajstić information content (AvgIpc) is 2.48. The number of benzene rings is 1. The van der Waals surface area contributed by atoms with Crippen LogP contribution in [0.2, 0.25) is 0 Å². The predicted molar refractivity (Wildman–Crippen MR) is 77.3 cm³/mol. The summed E-state index contributed by atoms with van der Waals surface area (Å²) in [6, 6.07) is 10.2. The summed E-state index contributed by atoms with van der Waals surface area (Å²) in [4.78, 5) is 4.49. The van der Waals surface area contributed by atoms with Crippen LogP contribution < -0.4 is 10.5 Å². The molecular weight excluding hydrogens is 236 g/mol. The first-order valence-electron chi connectivity index (χ1n) is 6.56. The topological polar surface area (TPSA) is 48.1 Å². The number of aromatic nitrogens is 1. The lowest BCUT2D eigenvalue weighted by Crippen LogP contribution is -2.03. The Morgan fingerprint density at radius 2 is 2.00 bits per heavy atom. The third-order valence-electron chi connectivity index (χ3n) is 3.30. The first kappa shape index (κ1) is 13.6. The van der Waals surface area contributed by atoms with Gasteiger partial charge in [-0.05, 0) is 41.3 Å². The number of aryl methyl sites for hydroxylation is 1. The number of ether oxygens (including phenoxy) is 1. The molecule has 0 aliphatic heterocycles. The van der Waals surface area contributed by atoms with Crippen molar-refractivity contribution in [1.29, 1.82) is 0 Å². The third kappa shape index (κ3) is 3.32. The number of nitrogens with zero attached hydrogens (tertiary/aromatic N) is 1. The molecule has 19 heavy (non-hydrogen) atoms. The highest BCUT2D eigenvalue weighted by Gasteiger charge is 2.05. The second-order valence-electron chi connectivity index (χ2n) is 4.53. The summed E-state index contributed by atoms with van der Waals surface area (Å²) in [6.07, 6.45) is 3.77. The predicted octanol–water partition coefficient (Wildman–Crippen LogP) is 2.70. The highest BCUT2D eigenvalue weighted by Crippen LogP contribution is 2.19. The van der Waals surface area contributed by atoms with Gasteiger partial charge in [-0.15, -0.1) is 0 Å². The molecule has 0 amide bonds. The number of methoxy groups -OCH3 is 1. The molecule has 3 heteroatoms. The van der Waals surface area contributed by atoms with Crippen molar-refractivity contribution in [3.8, 4) is 5.75 Å². The second-order valence-corrected chi connectivity index (χ2v) is 4.53.